The summed E-state index contributed by atoms with van der Waals surface area (Å²) in [4.78, 5) is 0. The van der Waals surface area contributed by atoms with Gasteiger partial charge in [-0.2, -0.15) is 5.26 Å². The molecule has 0 aromatic rings. The molecule has 5 atom stereocenters. The fourth-order valence-electron chi connectivity index (χ4n) is 3.79. The van der Waals surface area contributed by atoms with Crippen LogP contribution in [-0.2, 0) is 32.1 Å². The predicted octanol–water partition coefficient (Wildman–Crippen LogP) is 3.24. The minimum Gasteiger partial charge on any atom is -0.372 e. The quantitative estimate of drug-likeness (QED) is 0.239. The molecular weight excluding hydrogens is 441 g/mol. The Morgan fingerprint density at radius 3 is 2.52 bits per heavy atom. The first-order chi connectivity index (χ1) is 14.6. The van der Waals surface area contributed by atoms with Crippen molar-refractivity contribution in [3.63, 3.8) is 0 Å². The van der Waals surface area contributed by atoms with E-state index < -0.39 is 27.8 Å². The molecule has 12 heteroatoms. The molecule has 2 fully saturated rings. The van der Waals surface area contributed by atoms with Crippen LogP contribution in [0.3, 0.4) is 0 Å². The van der Waals surface area contributed by atoms with E-state index in [1.165, 1.54) is 20.0 Å². The van der Waals surface area contributed by atoms with Gasteiger partial charge in [0.15, 0.2) is 0 Å². The first kappa shape index (κ1) is 26.9. The largest absolute Gasteiger partial charge is 0.372 e. The normalized spacial score (nSPS) is 29.9. The Balaban J connectivity index is 2.36. The van der Waals surface area contributed by atoms with Gasteiger partial charge < -0.3 is 27.6 Å². The highest BCUT2D eigenvalue weighted by Gasteiger charge is 2.57. The number of nitrogens with zero attached hydrogens (tertiary/aromatic N) is 2. The molecule has 0 aromatic heterocycles. The molecule has 31 heavy (non-hydrogen) atoms. The zero-order valence-electron chi connectivity index (χ0n) is 19.5. The van der Waals surface area contributed by atoms with E-state index in [4.69, 9.17) is 32.8 Å². The van der Waals surface area contributed by atoms with Crippen LogP contribution in [0.5, 0.6) is 0 Å². The van der Waals surface area contributed by atoms with Crippen LogP contribution in [-0.4, -0.2) is 76.4 Å². The van der Waals surface area contributed by atoms with Crippen LogP contribution in [0.1, 0.15) is 34.1 Å². The third-order valence-electron chi connectivity index (χ3n) is 5.37. The Labute approximate surface area is 188 Å². The molecule has 2 saturated heterocycles. The maximum Gasteiger partial charge on any atom is 0.353 e. The van der Waals surface area contributed by atoms with Crippen LogP contribution < -0.4 is 0 Å². The lowest BCUT2D eigenvalue weighted by molar-refractivity contribution is -0.0945. The highest BCUT2D eigenvalue weighted by molar-refractivity contribution is 7.57. The predicted molar refractivity (Wildman–Crippen MR) is 122 cm³/mol. The van der Waals surface area contributed by atoms with E-state index in [1.807, 2.05) is 0 Å². The second-order valence-corrected chi connectivity index (χ2v) is 11.8. The van der Waals surface area contributed by atoms with Gasteiger partial charge in [-0.05, 0) is 39.6 Å². The lowest BCUT2D eigenvalue weighted by Crippen LogP contribution is -2.52. The average molecular weight is 476 g/mol. The molecule has 2 heterocycles. The molecule has 176 valence electrons. The van der Waals surface area contributed by atoms with E-state index >= 15 is 0 Å². The number of hydrogen-bond acceptors (Lipinski definition) is 9. The van der Waals surface area contributed by atoms with Crippen molar-refractivity contribution in [3.05, 3.63) is 11.9 Å². The van der Waals surface area contributed by atoms with E-state index in [0.717, 1.165) is 0 Å². The molecule has 2 aliphatic rings. The zero-order valence-corrected chi connectivity index (χ0v) is 21.3. The molecule has 0 aromatic carbocycles. The number of hydrogen-bond donors (Lipinski definition) is 0. The van der Waals surface area contributed by atoms with E-state index in [-0.39, 0.29) is 43.6 Å². The summed E-state index contributed by atoms with van der Waals surface area (Å²) in [7, 11) is -0.142. The van der Waals surface area contributed by atoms with Crippen molar-refractivity contribution in [3.8, 4) is 6.07 Å². The number of nitriles is 1. The summed E-state index contributed by atoms with van der Waals surface area (Å²) in [5, 5.41) is 8.94. The van der Waals surface area contributed by atoms with Gasteiger partial charge in [0.2, 0.25) is 0 Å². The maximum atomic E-state index is 12.6. The van der Waals surface area contributed by atoms with Crippen molar-refractivity contribution in [1.82, 2.24) is 4.67 Å². The third-order valence-corrected chi connectivity index (χ3v) is 9.02. The van der Waals surface area contributed by atoms with Crippen molar-refractivity contribution < 1.29 is 32.1 Å². The molecule has 0 amide bonds. The van der Waals surface area contributed by atoms with E-state index in [9.17, 15) is 4.57 Å². The van der Waals surface area contributed by atoms with Gasteiger partial charge in [0.05, 0.1) is 31.8 Å². The summed E-state index contributed by atoms with van der Waals surface area (Å²) >= 11 is 0. The van der Waals surface area contributed by atoms with Crippen molar-refractivity contribution in [2.24, 2.45) is 0 Å². The zero-order chi connectivity index (χ0) is 23.2. The van der Waals surface area contributed by atoms with Crippen molar-refractivity contribution in [2.75, 3.05) is 34.0 Å². The average Bonchev–Trinajstić information content (AvgIpc) is 2.98. The fraction of sp³-hybridized carbons (Fsp3) is 0.842. The summed E-state index contributed by atoms with van der Waals surface area (Å²) < 4.78 is 49.8. The lowest BCUT2D eigenvalue weighted by Gasteiger charge is -2.43. The van der Waals surface area contributed by atoms with Crippen LogP contribution in [0.2, 0.25) is 5.82 Å². The second kappa shape index (κ2) is 11.7. The van der Waals surface area contributed by atoms with Gasteiger partial charge >= 0.3 is 7.60 Å². The Bertz CT molecular complexity index is 689. The number of ether oxygens (including phenoxy) is 2. The van der Waals surface area contributed by atoms with Gasteiger partial charge in [0.25, 0.3) is 8.53 Å². The SMILES string of the molecule is B[C@@H]1CO[C@@]2(/C=C/P(=O)(OC)OC)CO[C@@H]1[C@@H]2OP(OCCC#N)N(C(C)C)C(C)C. The first-order valence-electron chi connectivity index (χ1n) is 10.5. The first-order valence-corrected chi connectivity index (χ1v) is 13.3. The van der Waals surface area contributed by atoms with E-state index in [2.05, 4.69) is 46.3 Å². The molecular formula is C19H35BN2O7P2. The topological polar surface area (TPSA) is 99.5 Å². The second-order valence-electron chi connectivity index (χ2n) is 8.31. The molecule has 0 N–H and O–H groups in total. The van der Waals surface area contributed by atoms with Crippen molar-refractivity contribution in [2.45, 2.75) is 69.8 Å². The summed E-state index contributed by atoms with van der Waals surface area (Å²) in [6.07, 6.45) is 1.30. The maximum absolute atomic E-state index is 12.6. The van der Waals surface area contributed by atoms with Crippen molar-refractivity contribution in [1.29, 1.82) is 5.26 Å². The van der Waals surface area contributed by atoms with Crippen LogP contribution >= 0.6 is 16.1 Å². The lowest BCUT2D eigenvalue weighted by atomic mass is 9.76. The Hall–Kier alpha value is -0.325. The van der Waals surface area contributed by atoms with Crippen LogP contribution in [0, 0.1) is 11.3 Å². The highest BCUT2D eigenvalue weighted by Crippen LogP contribution is 2.55. The number of rotatable bonds is 12. The van der Waals surface area contributed by atoms with Gasteiger partial charge in [-0.15, -0.1) is 0 Å². The van der Waals surface area contributed by atoms with Gasteiger partial charge in [-0.3, -0.25) is 4.57 Å². The van der Waals surface area contributed by atoms with Gasteiger partial charge in [0.1, 0.15) is 19.6 Å². The third kappa shape index (κ3) is 6.38. The number of fused-ring (bicyclic) bond motifs is 2. The molecule has 2 aliphatic heterocycles. The molecule has 9 nitrogen and oxygen atoms in total. The minimum atomic E-state index is -3.38. The molecule has 2 rings (SSSR count). The van der Waals surface area contributed by atoms with E-state index in [0.29, 0.717) is 6.61 Å². The van der Waals surface area contributed by atoms with Crippen molar-refractivity contribution >= 4 is 24.0 Å². The Morgan fingerprint density at radius 1 is 1.32 bits per heavy atom. The van der Waals surface area contributed by atoms with E-state index in [1.54, 1.807) is 6.08 Å². The molecule has 0 radical (unpaired) electrons. The summed E-state index contributed by atoms with van der Waals surface area (Å²) in [6, 6.07) is 2.45. The molecule has 2 bridgehead atoms. The Kier molecular flexibility index (Phi) is 10.2. The van der Waals surface area contributed by atoms with Gasteiger partial charge in [-0.25, -0.2) is 4.67 Å². The minimum absolute atomic E-state index is 0.119. The van der Waals surface area contributed by atoms with Crippen LogP contribution in [0.25, 0.3) is 0 Å². The molecule has 0 aliphatic carbocycles. The van der Waals surface area contributed by atoms with Gasteiger partial charge in [0, 0.05) is 38.7 Å². The highest BCUT2D eigenvalue weighted by atomic mass is 31.2. The van der Waals surface area contributed by atoms with Gasteiger partial charge in [-0.1, -0.05) is 0 Å². The molecule has 1 unspecified atom stereocenters. The fourth-order valence-corrected chi connectivity index (χ4v) is 6.41. The standard InChI is InChI=1S/C19H35BN2O7P2/c1-14(2)22(15(3)4)30(28-10-7-9-21)29-18-17-16(20)12-27-19(18,13-26-17)8-11-31(23,24-5)25-6/h8,11,14-18H,7,10,12-13,20H2,1-6H3/b11-8+/t16-,17+,18+,19+,30?/m1/s1. The molecule has 0 spiro atoms. The van der Waals surface area contributed by atoms with Crippen LogP contribution in [0.15, 0.2) is 11.9 Å². The van der Waals surface area contributed by atoms with Crippen LogP contribution in [0.4, 0.5) is 0 Å². The molecule has 0 saturated carbocycles. The summed E-state index contributed by atoms with van der Waals surface area (Å²) in [5.74, 6) is 1.53. The summed E-state index contributed by atoms with van der Waals surface area (Å²) in [6.45, 7) is 9.37. The summed E-state index contributed by atoms with van der Waals surface area (Å²) in [5.41, 5.74) is -0.928. The Morgan fingerprint density at radius 2 is 1.97 bits per heavy atom. The monoisotopic (exact) mass is 476 g/mol. The smallest absolute Gasteiger partial charge is 0.353 e.